The van der Waals surface area contributed by atoms with Crippen LogP contribution in [0.2, 0.25) is 5.02 Å². The van der Waals surface area contributed by atoms with Crippen molar-refractivity contribution >= 4 is 60.6 Å². The van der Waals surface area contributed by atoms with Crippen LogP contribution in [0.25, 0.3) is 32.1 Å². The molecule has 0 radical (unpaired) electrons. The van der Waals surface area contributed by atoms with Crippen LogP contribution in [-0.2, 0) is 0 Å². The van der Waals surface area contributed by atoms with Crippen molar-refractivity contribution in [3.05, 3.63) is 70.7 Å². The zero-order valence-electron chi connectivity index (χ0n) is 26.8. The Hall–Kier alpha value is -4.91. The Labute approximate surface area is 297 Å². The van der Waals surface area contributed by atoms with Crippen LogP contribution >= 0.6 is 22.9 Å². The van der Waals surface area contributed by atoms with Gasteiger partial charge in [-0.1, -0.05) is 23.7 Å². The highest BCUT2D eigenvalue weighted by atomic mass is 35.5. The van der Waals surface area contributed by atoms with E-state index in [4.69, 9.17) is 37.5 Å². The molecule has 5 aromatic rings. The Morgan fingerprint density at radius 1 is 1.22 bits per heavy atom. The second kappa shape index (κ2) is 12.7. The number of nitrogen functional groups attached to an aromatic ring is 2. The molecule has 2 aromatic carbocycles. The SMILES string of the molecule is N#Cc1c(N)sc2c(F)ccc(-c3c(Cl)c4c5c(nc(OC[C@@]67CCCN6C[C@H](F)C7)nc5c3F)N(C(/C=C\F)c3cccnc3N)CCO4)c12. The fraction of sp³-hybridized carbons (Fsp3) is 0.314. The summed E-state index contributed by atoms with van der Waals surface area (Å²) in [5.41, 5.74) is 11.8. The van der Waals surface area contributed by atoms with Gasteiger partial charge in [-0.25, -0.2) is 22.5 Å². The third-order valence-corrected chi connectivity index (χ3v) is 11.4. The van der Waals surface area contributed by atoms with E-state index >= 15 is 8.78 Å². The summed E-state index contributed by atoms with van der Waals surface area (Å²) >= 11 is 7.88. The van der Waals surface area contributed by atoms with E-state index < -0.39 is 29.4 Å². The number of fused-ring (bicyclic) bond motifs is 2. The van der Waals surface area contributed by atoms with Crippen molar-refractivity contribution in [1.82, 2.24) is 19.9 Å². The van der Waals surface area contributed by atoms with E-state index in [0.29, 0.717) is 24.9 Å². The Balaban J connectivity index is 1.38. The normalized spacial score (nSPS) is 20.9. The molecule has 8 rings (SSSR count). The molecule has 3 aliphatic heterocycles. The Bertz CT molecular complexity index is 2300. The number of anilines is 3. The van der Waals surface area contributed by atoms with Crippen molar-refractivity contribution in [2.24, 2.45) is 0 Å². The van der Waals surface area contributed by atoms with Gasteiger partial charge in [0.2, 0.25) is 0 Å². The van der Waals surface area contributed by atoms with Gasteiger partial charge in [0.1, 0.15) is 53.4 Å². The van der Waals surface area contributed by atoms with Crippen LogP contribution in [0.4, 0.5) is 34.2 Å². The molecule has 0 spiro atoms. The van der Waals surface area contributed by atoms with Crippen molar-refractivity contribution in [3.8, 4) is 29.0 Å². The van der Waals surface area contributed by atoms with Gasteiger partial charge in [-0.05, 0) is 43.2 Å². The van der Waals surface area contributed by atoms with Crippen LogP contribution in [0.15, 0.2) is 42.9 Å². The molecule has 262 valence electrons. The summed E-state index contributed by atoms with van der Waals surface area (Å²) in [4.78, 5) is 17.2. The average molecular weight is 737 g/mol. The van der Waals surface area contributed by atoms with E-state index in [0.717, 1.165) is 30.4 Å². The van der Waals surface area contributed by atoms with Crippen LogP contribution in [0.3, 0.4) is 0 Å². The largest absolute Gasteiger partial charge is 0.489 e. The van der Waals surface area contributed by atoms with Crippen LogP contribution in [0, 0.1) is 23.0 Å². The molecule has 1 unspecified atom stereocenters. The monoisotopic (exact) mass is 736 g/mol. The highest BCUT2D eigenvalue weighted by Crippen LogP contribution is 2.51. The van der Waals surface area contributed by atoms with E-state index in [1.165, 1.54) is 18.3 Å². The maximum atomic E-state index is 17.3. The quantitative estimate of drug-likeness (QED) is 0.164. The molecule has 2 saturated heterocycles. The fourth-order valence-corrected chi connectivity index (χ4v) is 9.07. The predicted octanol–water partition coefficient (Wildman–Crippen LogP) is 7.25. The number of pyridine rings is 1. The number of rotatable bonds is 7. The molecular weight excluding hydrogens is 708 g/mol. The Kier molecular flexibility index (Phi) is 8.28. The minimum atomic E-state index is -1.01. The summed E-state index contributed by atoms with van der Waals surface area (Å²) in [7, 11) is 0. The molecule has 0 bridgehead atoms. The smallest absolute Gasteiger partial charge is 0.319 e. The van der Waals surface area contributed by atoms with E-state index in [1.54, 1.807) is 17.0 Å². The Morgan fingerprint density at radius 3 is 2.84 bits per heavy atom. The molecule has 4 N–H and O–H groups in total. The summed E-state index contributed by atoms with van der Waals surface area (Å²) in [6.07, 6.45) is 3.98. The van der Waals surface area contributed by atoms with Crippen LogP contribution in [0.1, 0.15) is 36.4 Å². The van der Waals surface area contributed by atoms with Gasteiger partial charge in [0.15, 0.2) is 11.6 Å². The molecule has 3 aromatic heterocycles. The third kappa shape index (κ3) is 5.27. The highest BCUT2D eigenvalue weighted by Gasteiger charge is 2.49. The molecule has 0 amide bonds. The summed E-state index contributed by atoms with van der Waals surface area (Å²) in [5.74, 6) is -1.30. The van der Waals surface area contributed by atoms with Crippen molar-refractivity contribution < 1.29 is 27.0 Å². The zero-order chi connectivity index (χ0) is 35.6. The molecule has 2 fully saturated rings. The molecule has 16 heteroatoms. The lowest BCUT2D eigenvalue weighted by molar-refractivity contribution is 0.107. The molecule has 3 atom stereocenters. The fourth-order valence-electron chi connectivity index (χ4n) is 7.78. The number of aromatic nitrogens is 3. The topological polar surface area (TPSA) is 139 Å². The number of benzene rings is 2. The number of ether oxygens (including phenoxy) is 2. The number of hydrogen-bond acceptors (Lipinski definition) is 11. The minimum absolute atomic E-state index is 0.0186. The Morgan fingerprint density at radius 2 is 2.06 bits per heavy atom. The summed E-state index contributed by atoms with van der Waals surface area (Å²) in [6, 6.07) is 6.71. The number of thiophene rings is 1. The van der Waals surface area contributed by atoms with Gasteiger partial charge in [-0.2, -0.15) is 15.2 Å². The van der Waals surface area contributed by atoms with Crippen LogP contribution in [-0.4, -0.2) is 64.4 Å². The van der Waals surface area contributed by atoms with Gasteiger partial charge in [-0.15, -0.1) is 11.3 Å². The zero-order valence-corrected chi connectivity index (χ0v) is 28.4. The number of nitrogens with two attached hydrogens (primary N) is 2. The van der Waals surface area contributed by atoms with Crippen molar-refractivity contribution in [2.75, 3.05) is 49.2 Å². The molecule has 51 heavy (non-hydrogen) atoms. The molecule has 0 aliphatic carbocycles. The second-order valence-corrected chi connectivity index (χ2v) is 14.2. The first-order valence-corrected chi connectivity index (χ1v) is 17.4. The predicted molar refractivity (Wildman–Crippen MR) is 187 cm³/mol. The van der Waals surface area contributed by atoms with E-state index in [-0.39, 0.29) is 97.3 Å². The van der Waals surface area contributed by atoms with Gasteiger partial charge in [0.25, 0.3) is 0 Å². The number of nitrogens with zero attached hydrogens (tertiary/aromatic N) is 6. The van der Waals surface area contributed by atoms with Gasteiger partial charge in [-0.3, -0.25) is 4.90 Å². The molecule has 6 heterocycles. The highest BCUT2D eigenvalue weighted by molar-refractivity contribution is 7.23. The first-order chi connectivity index (χ1) is 24.7. The molecular formula is C35H29ClF4N8O2S. The standard InChI is InChI=1S/C35H29ClF4N8O2S/c36-26-24(19-4-5-21(39)30-23(19)20(14-41)32(43)51-30)27(40)28-25-29(26)49-12-11-48(22(6-8-37)18-3-1-9-44-31(18)42)33(25)46-34(45-28)50-16-35-7-2-10-47(35)15-17(38)13-35/h1,3-6,8-9,17,22H,2,7,10-13,15-16,43H2,(H2,42,44)/b8-6-/t17-,22?,35+/m1/s1. The third-order valence-electron chi connectivity index (χ3n) is 10.0. The van der Waals surface area contributed by atoms with Gasteiger partial charge >= 0.3 is 6.01 Å². The average Bonchev–Trinajstić information content (AvgIpc) is 3.71. The van der Waals surface area contributed by atoms with Crippen molar-refractivity contribution in [3.63, 3.8) is 0 Å². The van der Waals surface area contributed by atoms with E-state index in [9.17, 15) is 14.0 Å². The molecule has 10 nitrogen and oxygen atoms in total. The number of halogens is 5. The van der Waals surface area contributed by atoms with Crippen molar-refractivity contribution in [2.45, 2.75) is 37.0 Å². The summed E-state index contributed by atoms with van der Waals surface area (Å²) in [5, 5.41) is 10.00. The number of nitriles is 1. The van der Waals surface area contributed by atoms with Crippen LogP contribution in [0.5, 0.6) is 11.8 Å². The first-order valence-electron chi connectivity index (χ1n) is 16.2. The second-order valence-electron chi connectivity index (χ2n) is 12.8. The van der Waals surface area contributed by atoms with Crippen LogP contribution < -0.4 is 25.8 Å². The van der Waals surface area contributed by atoms with E-state index in [1.807, 2.05) is 6.07 Å². The van der Waals surface area contributed by atoms with E-state index in [2.05, 4.69) is 14.9 Å². The maximum Gasteiger partial charge on any atom is 0.319 e. The lowest BCUT2D eigenvalue weighted by atomic mass is 9.95. The summed E-state index contributed by atoms with van der Waals surface area (Å²) in [6.45, 7) is 1.15. The summed E-state index contributed by atoms with van der Waals surface area (Å²) < 4.78 is 73.6. The van der Waals surface area contributed by atoms with Gasteiger partial charge < -0.3 is 25.8 Å². The minimum Gasteiger partial charge on any atom is -0.489 e. The maximum absolute atomic E-state index is 17.3. The molecule has 0 saturated carbocycles. The van der Waals surface area contributed by atoms with Crippen molar-refractivity contribution in [1.29, 1.82) is 5.26 Å². The number of alkyl halides is 1. The lowest BCUT2D eigenvalue weighted by Gasteiger charge is -2.32. The lowest BCUT2D eigenvalue weighted by Crippen LogP contribution is -2.43. The first kappa shape index (κ1) is 33.2. The number of hydrogen-bond donors (Lipinski definition) is 2. The van der Waals surface area contributed by atoms with Gasteiger partial charge in [0.05, 0.1) is 45.1 Å². The molecule has 3 aliphatic rings. The van der Waals surface area contributed by atoms with Gasteiger partial charge in [0, 0.05) is 35.7 Å².